The number of para-hydroxylation sites is 2. The standard InChI is InChI=1S/C20H22ClN3O2/c1-15(25)22-14-20-23-18-6-2-3-7-19(18)24(20)12-4-5-13-26-17-10-8-16(21)9-11-17/h2-3,6-11H,4-5,12-14H2,1H3,(H,22,25). The van der Waals surface area contributed by atoms with Crippen LogP contribution >= 0.6 is 11.6 Å². The third-order valence-corrected chi connectivity index (χ3v) is 4.34. The Morgan fingerprint density at radius 3 is 2.69 bits per heavy atom. The number of fused-ring (bicyclic) bond motifs is 1. The average Bonchev–Trinajstić information content (AvgIpc) is 2.99. The molecule has 0 saturated heterocycles. The number of imidazole rings is 1. The fourth-order valence-corrected chi connectivity index (χ4v) is 2.93. The molecule has 3 aromatic rings. The molecule has 0 atom stereocenters. The Morgan fingerprint density at radius 2 is 1.92 bits per heavy atom. The van der Waals surface area contributed by atoms with E-state index >= 15 is 0 Å². The number of hydrogen-bond acceptors (Lipinski definition) is 3. The molecule has 0 spiro atoms. The highest BCUT2D eigenvalue weighted by Gasteiger charge is 2.10. The SMILES string of the molecule is CC(=O)NCc1nc2ccccc2n1CCCCOc1ccc(Cl)cc1. The molecule has 136 valence electrons. The average molecular weight is 372 g/mol. The molecule has 0 unspecified atom stereocenters. The van der Waals surface area contributed by atoms with Gasteiger partial charge in [-0.05, 0) is 49.2 Å². The Kier molecular flexibility index (Phi) is 6.12. The molecule has 1 N–H and O–H groups in total. The number of halogens is 1. The van der Waals surface area contributed by atoms with Gasteiger partial charge >= 0.3 is 0 Å². The number of aryl methyl sites for hydroxylation is 1. The van der Waals surface area contributed by atoms with Gasteiger partial charge in [-0.15, -0.1) is 0 Å². The molecule has 0 radical (unpaired) electrons. The summed E-state index contributed by atoms with van der Waals surface area (Å²) in [5.74, 6) is 1.65. The Labute approximate surface area is 157 Å². The Balaban J connectivity index is 1.57. The first-order valence-corrected chi connectivity index (χ1v) is 9.08. The summed E-state index contributed by atoms with van der Waals surface area (Å²) in [7, 11) is 0. The highest BCUT2D eigenvalue weighted by atomic mass is 35.5. The van der Waals surface area contributed by atoms with Gasteiger partial charge in [0.1, 0.15) is 11.6 Å². The fourth-order valence-electron chi connectivity index (χ4n) is 2.81. The number of amides is 1. The van der Waals surface area contributed by atoms with Crippen molar-refractivity contribution in [3.05, 3.63) is 59.4 Å². The number of benzene rings is 2. The van der Waals surface area contributed by atoms with Crippen molar-refractivity contribution in [1.29, 1.82) is 0 Å². The van der Waals surface area contributed by atoms with Gasteiger partial charge < -0.3 is 14.6 Å². The molecule has 0 saturated carbocycles. The number of nitrogens with one attached hydrogen (secondary N) is 1. The van der Waals surface area contributed by atoms with Crippen molar-refractivity contribution in [3.8, 4) is 5.75 Å². The van der Waals surface area contributed by atoms with Gasteiger partial charge in [0.25, 0.3) is 0 Å². The van der Waals surface area contributed by atoms with Gasteiger partial charge in [-0.2, -0.15) is 0 Å². The molecule has 2 aromatic carbocycles. The van der Waals surface area contributed by atoms with E-state index in [9.17, 15) is 4.79 Å². The molecule has 0 fully saturated rings. The summed E-state index contributed by atoms with van der Waals surface area (Å²) in [4.78, 5) is 15.9. The lowest BCUT2D eigenvalue weighted by Crippen LogP contribution is -2.21. The molecule has 1 amide bonds. The van der Waals surface area contributed by atoms with Crippen LogP contribution in [0.3, 0.4) is 0 Å². The van der Waals surface area contributed by atoms with E-state index < -0.39 is 0 Å². The second kappa shape index (κ2) is 8.72. The summed E-state index contributed by atoms with van der Waals surface area (Å²) in [5.41, 5.74) is 2.04. The minimum absolute atomic E-state index is 0.0556. The zero-order valence-electron chi connectivity index (χ0n) is 14.7. The maximum atomic E-state index is 11.2. The molecule has 1 aromatic heterocycles. The minimum Gasteiger partial charge on any atom is -0.494 e. The smallest absolute Gasteiger partial charge is 0.217 e. The van der Waals surface area contributed by atoms with Gasteiger partial charge in [-0.1, -0.05) is 23.7 Å². The highest BCUT2D eigenvalue weighted by Crippen LogP contribution is 2.18. The largest absolute Gasteiger partial charge is 0.494 e. The zero-order chi connectivity index (χ0) is 18.4. The van der Waals surface area contributed by atoms with Gasteiger partial charge in [0.05, 0.1) is 24.2 Å². The Hall–Kier alpha value is -2.53. The molecule has 0 bridgehead atoms. The summed E-state index contributed by atoms with van der Waals surface area (Å²) in [6.45, 7) is 3.43. The predicted molar refractivity (Wildman–Crippen MR) is 103 cm³/mol. The molecule has 26 heavy (non-hydrogen) atoms. The molecule has 0 aliphatic heterocycles. The minimum atomic E-state index is -0.0556. The van der Waals surface area contributed by atoms with E-state index in [1.807, 2.05) is 42.5 Å². The monoisotopic (exact) mass is 371 g/mol. The van der Waals surface area contributed by atoms with Crippen LogP contribution in [0.15, 0.2) is 48.5 Å². The molecule has 0 aliphatic carbocycles. The summed E-state index contributed by atoms with van der Waals surface area (Å²) >= 11 is 5.87. The second-order valence-electron chi connectivity index (χ2n) is 6.09. The van der Waals surface area contributed by atoms with Crippen LogP contribution < -0.4 is 10.1 Å². The normalized spacial score (nSPS) is 10.8. The van der Waals surface area contributed by atoms with Crippen molar-refractivity contribution in [2.24, 2.45) is 0 Å². The third kappa shape index (κ3) is 4.76. The molecule has 0 aliphatic rings. The van der Waals surface area contributed by atoms with Crippen LogP contribution in [0.4, 0.5) is 0 Å². The van der Waals surface area contributed by atoms with E-state index in [1.54, 1.807) is 0 Å². The number of unbranched alkanes of at least 4 members (excludes halogenated alkanes) is 1. The van der Waals surface area contributed by atoms with E-state index in [0.717, 1.165) is 42.0 Å². The van der Waals surface area contributed by atoms with Crippen LogP contribution in [0, 0.1) is 0 Å². The molecular weight excluding hydrogens is 350 g/mol. The van der Waals surface area contributed by atoms with Crippen molar-refractivity contribution in [3.63, 3.8) is 0 Å². The fraction of sp³-hybridized carbons (Fsp3) is 0.300. The molecular formula is C20H22ClN3O2. The first kappa shape index (κ1) is 18.3. The number of hydrogen-bond donors (Lipinski definition) is 1. The van der Waals surface area contributed by atoms with Gasteiger partial charge in [-0.3, -0.25) is 4.79 Å². The van der Waals surface area contributed by atoms with Crippen molar-refractivity contribution in [1.82, 2.24) is 14.9 Å². The van der Waals surface area contributed by atoms with Crippen molar-refractivity contribution in [2.45, 2.75) is 32.9 Å². The van der Waals surface area contributed by atoms with Gasteiger partial charge in [-0.25, -0.2) is 4.98 Å². The molecule has 5 nitrogen and oxygen atoms in total. The van der Waals surface area contributed by atoms with E-state index in [4.69, 9.17) is 16.3 Å². The number of carbonyl (C=O) groups excluding carboxylic acids is 1. The summed E-state index contributed by atoms with van der Waals surface area (Å²) in [6.07, 6.45) is 1.88. The van der Waals surface area contributed by atoms with Crippen molar-refractivity contribution in [2.75, 3.05) is 6.61 Å². The number of carbonyl (C=O) groups is 1. The predicted octanol–water partition coefficient (Wildman–Crippen LogP) is 4.19. The van der Waals surface area contributed by atoms with E-state index in [-0.39, 0.29) is 5.91 Å². The molecule has 3 rings (SSSR count). The first-order valence-electron chi connectivity index (χ1n) is 8.70. The Bertz CT molecular complexity index is 874. The molecule has 1 heterocycles. The van der Waals surface area contributed by atoms with Gasteiger partial charge in [0, 0.05) is 18.5 Å². The quantitative estimate of drug-likeness (QED) is 0.604. The van der Waals surface area contributed by atoms with Gasteiger partial charge in [0.2, 0.25) is 5.91 Å². The van der Waals surface area contributed by atoms with Crippen LogP contribution in [0.1, 0.15) is 25.6 Å². The lowest BCUT2D eigenvalue weighted by atomic mass is 10.3. The number of nitrogens with zero attached hydrogens (tertiary/aromatic N) is 2. The first-order chi connectivity index (χ1) is 12.6. The number of aromatic nitrogens is 2. The van der Waals surface area contributed by atoms with Crippen molar-refractivity contribution >= 4 is 28.5 Å². The van der Waals surface area contributed by atoms with E-state index in [2.05, 4.69) is 20.9 Å². The maximum absolute atomic E-state index is 11.2. The topological polar surface area (TPSA) is 56.2 Å². The summed E-state index contributed by atoms with van der Waals surface area (Å²) in [5, 5.41) is 3.54. The van der Waals surface area contributed by atoms with Gasteiger partial charge in [0.15, 0.2) is 0 Å². The lowest BCUT2D eigenvalue weighted by Gasteiger charge is -2.10. The summed E-state index contributed by atoms with van der Waals surface area (Å²) < 4.78 is 7.91. The number of rotatable bonds is 8. The maximum Gasteiger partial charge on any atom is 0.217 e. The van der Waals surface area contributed by atoms with Crippen LogP contribution in [0.5, 0.6) is 5.75 Å². The molecule has 6 heteroatoms. The highest BCUT2D eigenvalue weighted by molar-refractivity contribution is 6.30. The van der Waals surface area contributed by atoms with E-state index in [1.165, 1.54) is 6.92 Å². The summed E-state index contributed by atoms with van der Waals surface area (Å²) in [6, 6.07) is 15.4. The third-order valence-electron chi connectivity index (χ3n) is 4.09. The lowest BCUT2D eigenvalue weighted by molar-refractivity contribution is -0.119. The van der Waals surface area contributed by atoms with E-state index in [0.29, 0.717) is 18.2 Å². The zero-order valence-corrected chi connectivity index (χ0v) is 15.5. The van der Waals surface area contributed by atoms with Crippen LogP contribution in [0.25, 0.3) is 11.0 Å². The van der Waals surface area contributed by atoms with Crippen LogP contribution in [-0.2, 0) is 17.9 Å². The second-order valence-corrected chi connectivity index (χ2v) is 6.52. The number of ether oxygens (including phenoxy) is 1. The van der Waals surface area contributed by atoms with Crippen LogP contribution in [0.2, 0.25) is 5.02 Å². The Morgan fingerprint density at radius 1 is 1.15 bits per heavy atom. The van der Waals surface area contributed by atoms with Crippen LogP contribution in [-0.4, -0.2) is 22.1 Å². The van der Waals surface area contributed by atoms with Crippen molar-refractivity contribution < 1.29 is 9.53 Å².